The van der Waals surface area contributed by atoms with Crippen LogP contribution in [-0.4, -0.2) is 43.9 Å². The molecule has 0 amide bonds. The van der Waals surface area contributed by atoms with Gasteiger partial charge in [0.05, 0.1) is 14.2 Å². The molecule has 1 aromatic carbocycles. The lowest BCUT2D eigenvalue weighted by molar-refractivity contribution is 0.354. The van der Waals surface area contributed by atoms with Crippen LogP contribution in [0.25, 0.3) is 0 Å². The predicted molar refractivity (Wildman–Crippen MR) is 86.8 cm³/mol. The number of nitrogens with one attached hydrogen (secondary N) is 1. The Balaban J connectivity index is 2.52. The van der Waals surface area contributed by atoms with Crippen molar-refractivity contribution in [2.45, 2.75) is 20.3 Å². The van der Waals surface area contributed by atoms with E-state index in [9.17, 15) is 0 Å². The molecule has 4 nitrogen and oxygen atoms in total. The van der Waals surface area contributed by atoms with Crippen molar-refractivity contribution in [1.29, 1.82) is 0 Å². The minimum Gasteiger partial charge on any atom is -0.493 e. The minimum atomic E-state index is 0.753. The van der Waals surface area contributed by atoms with Crippen LogP contribution in [0, 0.1) is 0 Å². The molecule has 0 unspecified atom stereocenters. The summed E-state index contributed by atoms with van der Waals surface area (Å²) in [4.78, 5) is 2.13. The van der Waals surface area contributed by atoms with Crippen molar-refractivity contribution in [3.8, 4) is 11.5 Å². The Bertz CT molecular complexity index is 434. The monoisotopic (exact) mass is 296 g/mol. The van der Waals surface area contributed by atoms with Gasteiger partial charge in [-0.1, -0.05) is 6.07 Å². The van der Waals surface area contributed by atoms with Crippen LogP contribution in [0.1, 0.15) is 19.4 Å². The first kappa shape index (κ1) is 16.6. The summed E-state index contributed by atoms with van der Waals surface area (Å²) < 4.78 is 10.5. The zero-order valence-electron chi connectivity index (χ0n) is 12.7. The largest absolute Gasteiger partial charge is 0.493 e. The van der Waals surface area contributed by atoms with Crippen LogP contribution in [0.3, 0.4) is 0 Å². The molecule has 0 aliphatic carbocycles. The Hall–Kier alpha value is -1.49. The van der Waals surface area contributed by atoms with Gasteiger partial charge in [0.25, 0.3) is 0 Å². The molecule has 20 heavy (non-hydrogen) atoms. The third kappa shape index (κ3) is 4.56. The highest BCUT2D eigenvalue weighted by molar-refractivity contribution is 7.80. The molecule has 1 rings (SSSR count). The highest BCUT2D eigenvalue weighted by atomic mass is 32.1. The van der Waals surface area contributed by atoms with Crippen LogP contribution in [0.4, 0.5) is 0 Å². The van der Waals surface area contributed by atoms with Gasteiger partial charge in [0.15, 0.2) is 16.6 Å². The fourth-order valence-corrected chi connectivity index (χ4v) is 2.33. The van der Waals surface area contributed by atoms with Crippen molar-refractivity contribution in [3.63, 3.8) is 0 Å². The van der Waals surface area contributed by atoms with Gasteiger partial charge in [-0.2, -0.15) is 0 Å². The molecule has 0 bridgehead atoms. The third-order valence-corrected chi connectivity index (χ3v) is 3.59. The summed E-state index contributed by atoms with van der Waals surface area (Å²) >= 11 is 5.35. The molecular weight excluding hydrogens is 272 g/mol. The molecule has 0 aromatic heterocycles. The van der Waals surface area contributed by atoms with Crippen molar-refractivity contribution in [3.05, 3.63) is 23.8 Å². The summed E-state index contributed by atoms with van der Waals surface area (Å²) in [6.45, 7) is 6.87. The van der Waals surface area contributed by atoms with Gasteiger partial charge in [-0.3, -0.25) is 0 Å². The maximum atomic E-state index is 5.35. The maximum absolute atomic E-state index is 5.35. The molecule has 0 aliphatic heterocycles. The van der Waals surface area contributed by atoms with Gasteiger partial charge in [0, 0.05) is 19.6 Å². The number of benzene rings is 1. The van der Waals surface area contributed by atoms with Gasteiger partial charge in [0.2, 0.25) is 0 Å². The predicted octanol–water partition coefficient (Wildman–Crippen LogP) is 2.46. The molecule has 5 heteroatoms. The second-order valence-electron chi connectivity index (χ2n) is 4.34. The van der Waals surface area contributed by atoms with E-state index < -0.39 is 0 Å². The average molecular weight is 296 g/mol. The Morgan fingerprint density at radius 3 is 2.35 bits per heavy atom. The number of hydrogen-bond acceptors (Lipinski definition) is 3. The Kier molecular flexibility index (Phi) is 7.15. The maximum Gasteiger partial charge on any atom is 0.168 e. The van der Waals surface area contributed by atoms with Gasteiger partial charge < -0.3 is 19.7 Å². The van der Waals surface area contributed by atoms with Gasteiger partial charge >= 0.3 is 0 Å². The summed E-state index contributed by atoms with van der Waals surface area (Å²) in [5.74, 6) is 1.51. The first-order valence-corrected chi connectivity index (χ1v) is 7.30. The summed E-state index contributed by atoms with van der Waals surface area (Å²) in [6.07, 6.45) is 0.891. The van der Waals surface area contributed by atoms with Crippen LogP contribution >= 0.6 is 12.2 Å². The Morgan fingerprint density at radius 1 is 1.15 bits per heavy atom. The van der Waals surface area contributed by atoms with Gasteiger partial charge in [-0.25, -0.2) is 0 Å². The molecule has 0 radical (unpaired) electrons. The standard InChI is InChI=1S/C15H24N2O2S/c1-5-17(6-2)15(20)16-10-9-12-7-8-13(18-3)14(11-12)19-4/h7-8,11H,5-6,9-10H2,1-4H3,(H,16,20). The van der Waals surface area contributed by atoms with Crippen LogP contribution in [-0.2, 0) is 6.42 Å². The number of thiocarbonyl (C=S) groups is 1. The van der Waals surface area contributed by atoms with Crippen LogP contribution in [0.2, 0.25) is 0 Å². The SMILES string of the molecule is CCN(CC)C(=S)NCCc1ccc(OC)c(OC)c1. The third-order valence-electron chi connectivity index (χ3n) is 3.19. The number of ether oxygens (including phenoxy) is 2. The van der Waals surface area contributed by atoms with E-state index in [-0.39, 0.29) is 0 Å². The molecule has 112 valence electrons. The molecule has 0 aliphatic rings. The van der Waals surface area contributed by atoms with Crippen molar-refractivity contribution in [2.24, 2.45) is 0 Å². The van der Waals surface area contributed by atoms with E-state index in [4.69, 9.17) is 21.7 Å². The molecular formula is C15H24N2O2S. The molecule has 1 aromatic rings. The minimum absolute atomic E-state index is 0.753. The number of methoxy groups -OCH3 is 2. The zero-order valence-corrected chi connectivity index (χ0v) is 13.5. The van der Waals surface area contributed by atoms with Crippen LogP contribution < -0.4 is 14.8 Å². The second kappa shape index (κ2) is 8.64. The molecule has 0 spiro atoms. The lowest BCUT2D eigenvalue weighted by atomic mass is 10.1. The van der Waals surface area contributed by atoms with Crippen LogP contribution in [0.15, 0.2) is 18.2 Å². The van der Waals surface area contributed by atoms with Crippen molar-refractivity contribution in [2.75, 3.05) is 33.9 Å². The molecule has 0 heterocycles. The number of nitrogens with zero attached hydrogens (tertiary/aromatic N) is 1. The topological polar surface area (TPSA) is 33.7 Å². The highest BCUT2D eigenvalue weighted by Gasteiger charge is 2.06. The van der Waals surface area contributed by atoms with E-state index in [0.29, 0.717) is 0 Å². The van der Waals surface area contributed by atoms with E-state index in [1.54, 1.807) is 14.2 Å². The van der Waals surface area contributed by atoms with Gasteiger partial charge in [-0.05, 0) is 50.2 Å². The smallest absolute Gasteiger partial charge is 0.168 e. The Morgan fingerprint density at radius 2 is 1.80 bits per heavy atom. The van der Waals surface area contributed by atoms with Crippen molar-refractivity contribution in [1.82, 2.24) is 10.2 Å². The first-order valence-electron chi connectivity index (χ1n) is 6.89. The lowest BCUT2D eigenvalue weighted by Crippen LogP contribution is -2.40. The fraction of sp³-hybridized carbons (Fsp3) is 0.533. The summed E-state index contributed by atoms with van der Waals surface area (Å²) in [5, 5.41) is 4.10. The molecule has 0 fully saturated rings. The van der Waals surface area contributed by atoms with E-state index in [0.717, 1.165) is 42.7 Å². The lowest BCUT2D eigenvalue weighted by Gasteiger charge is -2.22. The van der Waals surface area contributed by atoms with E-state index >= 15 is 0 Å². The normalized spacial score (nSPS) is 10.0. The fourth-order valence-electron chi connectivity index (χ4n) is 1.97. The highest BCUT2D eigenvalue weighted by Crippen LogP contribution is 2.27. The zero-order chi connectivity index (χ0) is 15.0. The number of hydrogen-bond donors (Lipinski definition) is 1. The summed E-state index contributed by atoms with van der Waals surface area (Å²) in [6, 6.07) is 5.97. The molecule has 0 atom stereocenters. The Labute approximate surface area is 127 Å². The summed E-state index contributed by atoms with van der Waals surface area (Å²) in [7, 11) is 3.29. The van der Waals surface area contributed by atoms with E-state index in [2.05, 4.69) is 24.1 Å². The molecule has 0 saturated heterocycles. The molecule has 0 saturated carbocycles. The van der Waals surface area contributed by atoms with E-state index in [1.165, 1.54) is 5.56 Å². The van der Waals surface area contributed by atoms with Crippen molar-refractivity contribution < 1.29 is 9.47 Å². The van der Waals surface area contributed by atoms with Crippen LogP contribution in [0.5, 0.6) is 11.5 Å². The number of rotatable bonds is 7. The van der Waals surface area contributed by atoms with Gasteiger partial charge in [0.1, 0.15) is 0 Å². The van der Waals surface area contributed by atoms with E-state index in [1.807, 2.05) is 18.2 Å². The summed E-state index contributed by atoms with van der Waals surface area (Å²) in [5.41, 5.74) is 1.19. The average Bonchev–Trinajstić information content (AvgIpc) is 2.48. The quantitative estimate of drug-likeness (QED) is 0.782. The first-order chi connectivity index (χ1) is 9.65. The van der Waals surface area contributed by atoms with Crippen molar-refractivity contribution >= 4 is 17.3 Å². The second-order valence-corrected chi connectivity index (χ2v) is 4.73. The molecule has 1 N–H and O–H groups in total. The van der Waals surface area contributed by atoms with Gasteiger partial charge in [-0.15, -0.1) is 0 Å².